The van der Waals surface area contributed by atoms with Gasteiger partial charge in [0.1, 0.15) is 11.1 Å². The maximum atomic E-state index is 12.0. The molecule has 0 spiro atoms. The molecular formula is C13H12N4O2. The van der Waals surface area contributed by atoms with E-state index in [-0.39, 0.29) is 11.4 Å². The number of hydrogen-bond acceptors (Lipinski definition) is 4. The van der Waals surface area contributed by atoms with Crippen LogP contribution in [0.1, 0.15) is 0 Å². The Morgan fingerprint density at radius 1 is 1.32 bits per heavy atom. The van der Waals surface area contributed by atoms with Gasteiger partial charge in [0, 0.05) is 5.56 Å². The van der Waals surface area contributed by atoms with Crippen molar-refractivity contribution in [3.05, 3.63) is 40.7 Å². The summed E-state index contributed by atoms with van der Waals surface area (Å²) in [5.74, 6) is 0.927. The van der Waals surface area contributed by atoms with Crippen molar-refractivity contribution >= 4 is 16.7 Å². The van der Waals surface area contributed by atoms with Crippen molar-refractivity contribution in [1.29, 1.82) is 0 Å². The van der Waals surface area contributed by atoms with Gasteiger partial charge in [-0.25, -0.2) is 0 Å². The molecule has 0 aliphatic carbocycles. The topological polar surface area (TPSA) is 96.8 Å². The van der Waals surface area contributed by atoms with Crippen LogP contribution in [-0.4, -0.2) is 22.3 Å². The Hall–Kier alpha value is -2.76. The lowest BCUT2D eigenvalue weighted by atomic mass is 10.1. The van der Waals surface area contributed by atoms with E-state index in [4.69, 9.17) is 10.5 Å². The number of pyridine rings is 1. The molecule has 0 aliphatic rings. The monoisotopic (exact) mass is 256 g/mol. The van der Waals surface area contributed by atoms with E-state index in [1.165, 1.54) is 0 Å². The fourth-order valence-corrected chi connectivity index (χ4v) is 2.02. The lowest BCUT2D eigenvalue weighted by Gasteiger charge is -2.04. The fraction of sp³-hybridized carbons (Fsp3) is 0.0769. The van der Waals surface area contributed by atoms with E-state index in [1.54, 1.807) is 13.2 Å². The van der Waals surface area contributed by atoms with Crippen LogP contribution >= 0.6 is 0 Å². The van der Waals surface area contributed by atoms with E-state index in [9.17, 15) is 4.79 Å². The van der Waals surface area contributed by atoms with Crippen LogP contribution in [0.5, 0.6) is 5.75 Å². The summed E-state index contributed by atoms with van der Waals surface area (Å²) in [6, 6.07) is 9.23. The minimum Gasteiger partial charge on any atom is -0.497 e. The van der Waals surface area contributed by atoms with Crippen LogP contribution < -0.4 is 16.0 Å². The fourth-order valence-electron chi connectivity index (χ4n) is 2.02. The molecule has 0 saturated heterocycles. The highest BCUT2D eigenvalue weighted by Crippen LogP contribution is 2.24. The van der Waals surface area contributed by atoms with Gasteiger partial charge in [-0.3, -0.25) is 9.89 Å². The van der Waals surface area contributed by atoms with Gasteiger partial charge < -0.3 is 15.5 Å². The Kier molecular flexibility index (Phi) is 2.49. The summed E-state index contributed by atoms with van der Waals surface area (Å²) in [7, 11) is 1.60. The molecule has 6 nitrogen and oxygen atoms in total. The van der Waals surface area contributed by atoms with Gasteiger partial charge in [-0.15, -0.1) is 0 Å². The summed E-state index contributed by atoms with van der Waals surface area (Å²) in [6.07, 6.45) is 0. The van der Waals surface area contributed by atoms with Crippen LogP contribution in [0.15, 0.2) is 35.1 Å². The van der Waals surface area contributed by atoms with Crippen molar-refractivity contribution in [1.82, 2.24) is 15.2 Å². The summed E-state index contributed by atoms with van der Waals surface area (Å²) >= 11 is 0. The first-order valence-electron chi connectivity index (χ1n) is 5.70. The third-order valence-corrected chi connectivity index (χ3v) is 2.97. The maximum Gasteiger partial charge on any atom is 0.261 e. The van der Waals surface area contributed by atoms with Crippen LogP contribution in [-0.2, 0) is 0 Å². The first kappa shape index (κ1) is 11.3. The third-order valence-electron chi connectivity index (χ3n) is 2.97. The Morgan fingerprint density at radius 2 is 2.16 bits per heavy atom. The number of aromatic nitrogens is 3. The highest BCUT2D eigenvalue weighted by Gasteiger charge is 2.09. The highest BCUT2D eigenvalue weighted by atomic mass is 16.5. The molecule has 0 aliphatic heterocycles. The smallest absolute Gasteiger partial charge is 0.261 e. The van der Waals surface area contributed by atoms with E-state index in [0.29, 0.717) is 16.6 Å². The molecule has 2 aromatic heterocycles. The predicted molar refractivity (Wildman–Crippen MR) is 73.1 cm³/mol. The Labute approximate surface area is 108 Å². The SMILES string of the molecule is COc1cccc(-c2cc3[nH]nc(N)c3c(=O)[nH]2)c1. The molecule has 96 valence electrons. The Bertz CT molecular complexity index is 804. The van der Waals surface area contributed by atoms with E-state index in [1.807, 2.05) is 24.3 Å². The van der Waals surface area contributed by atoms with Crippen molar-refractivity contribution in [2.45, 2.75) is 0 Å². The number of benzene rings is 1. The van der Waals surface area contributed by atoms with Gasteiger partial charge >= 0.3 is 0 Å². The molecule has 0 saturated carbocycles. The van der Waals surface area contributed by atoms with E-state index in [2.05, 4.69) is 15.2 Å². The molecule has 4 N–H and O–H groups in total. The molecule has 0 atom stereocenters. The number of aromatic amines is 2. The maximum absolute atomic E-state index is 12.0. The number of fused-ring (bicyclic) bond motifs is 1. The standard InChI is InChI=1S/C13H12N4O2/c1-19-8-4-2-3-7(5-8)9-6-10-11(13(18)15-9)12(14)17-16-10/h2-6H,1H3,(H,15,18)(H3,14,16,17). The molecule has 0 amide bonds. The first-order valence-corrected chi connectivity index (χ1v) is 5.70. The molecular weight excluding hydrogens is 244 g/mol. The van der Waals surface area contributed by atoms with Crippen LogP contribution in [0.3, 0.4) is 0 Å². The molecule has 6 heteroatoms. The number of nitrogens with two attached hydrogens (primary N) is 1. The number of methoxy groups -OCH3 is 1. The van der Waals surface area contributed by atoms with Gasteiger partial charge in [0.05, 0.1) is 18.3 Å². The zero-order chi connectivity index (χ0) is 13.4. The normalized spacial score (nSPS) is 10.8. The zero-order valence-corrected chi connectivity index (χ0v) is 10.2. The quantitative estimate of drug-likeness (QED) is 0.647. The third kappa shape index (κ3) is 1.83. The second kappa shape index (κ2) is 4.16. The average molecular weight is 256 g/mol. The largest absolute Gasteiger partial charge is 0.497 e. The number of nitrogens with one attached hydrogen (secondary N) is 2. The lowest BCUT2D eigenvalue weighted by molar-refractivity contribution is 0.415. The second-order valence-corrected chi connectivity index (χ2v) is 4.14. The minimum atomic E-state index is -0.262. The number of ether oxygens (including phenoxy) is 1. The average Bonchev–Trinajstić information content (AvgIpc) is 2.81. The van der Waals surface area contributed by atoms with Gasteiger partial charge in [-0.1, -0.05) is 12.1 Å². The molecule has 3 aromatic rings. The number of hydrogen-bond donors (Lipinski definition) is 3. The predicted octanol–water partition coefficient (Wildman–Crippen LogP) is 1.51. The summed E-state index contributed by atoms with van der Waals surface area (Å²) in [4.78, 5) is 14.8. The molecule has 3 rings (SSSR count). The van der Waals surface area contributed by atoms with Crippen LogP contribution in [0.4, 0.5) is 5.82 Å². The van der Waals surface area contributed by atoms with E-state index >= 15 is 0 Å². The van der Waals surface area contributed by atoms with Gasteiger partial charge in [-0.2, -0.15) is 5.10 Å². The molecule has 0 fully saturated rings. The van der Waals surface area contributed by atoms with Crippen molar-refractivity contribution in [3.8, 4) is 17.0 Å². The van der Waals surface area contributed by atoms with Crippen LogP contribution in [0.2, 0.25) is 0 Å². The molecule has 0 radical (unpaired) electrons. The van der Waals surface area contributed by atoms with E-state index < -0.39 is 0 Å². The van der Waals surface area contributed by atoms with E-state index in [0.717, 1.165) is 11.3 Å². The zero-order valence-electron chi connectivity index (χ0n) is 10.2. The second-order valence-electron chi connectivity index (χ2n) is 4.14. The van der Waals surface area contributed by atoms with Crippen molar-refractivity contribution < 1.29 is 4.74 Å². The molecule has 1 aromatic carbocycles. The summed E-state index contributed by atoms with van der Waals surface area (Å²) in [5.41, 5.74) is 7.51. The van der Waals surface area contributed by atoms with Crippen molar-refractivity contribution in [3.63, 3.8) is 0 Å². The van der Waals surface area contributed by atoms with Crippen molar-refractivity contribution in [2.75, 3.05) is 12.8 Å². The number of anilines is 1. The van der Waals surface area contributed by atoms with Gasteiger partial charge in [0.15, 0.2) is 5.82 Å². The molecule has 19 heavy (non-hydrogen) atoms. The molecule has 0 unspecified atom stereocenters. The van der Waals surface area contributed by atoms with Crippen LogP contribution in [0.25, 0.3) is 22.2 Å². The summed E-state index contributed by atoms with van der Waals surface area (Å²) < 4.78 is 5.17. The Balaban J connectivity index is 2.22. The Morgan fingerprint density at radius 3 is 2.95 bits per heavy atom. The van der Waals surface area contributed by atoms with Crippen LogP contribution in [0, 0.1) is 0 Å². The summed E-state index contributed by atoms with van der Waals surface area (Å²) in [5, 5.41) is 6.96. The van der Waals surface area contributed by atoms with Gasteiger partial charge in [-0.05, 0) is 18.2 Å². The molecule has 2 heterocycles. The van der Waals surface area contributed by atoms with Gasteiger partial charge in [0.2, 0.25) is 0 Å². The molecule has 0 bridgehead atoms. The number of nitrogens with zero attached hydrogens (tertiary/aromatic N) is 1. The highest BCUT2D eigenvalue weighted by molar-refractivity contribution is 5.89. The lowest BCUT2D eigenvalue weighted by Crippen LogP contribution is -2.07. The minimum absolute atomic E-state index is 0.202. The first-order chi connectivity index (χ1) is 9.19. The van der Waals surface area contributed by atoms with Crippen molar-refractivity contribution in [2.24, 2.45) is 0 Å². The number of rotatable bonds is 2. The van der Waals surface area contributed by atoms with Gasteiger partial charge in [0.25, 0.3) is 5.56 Å². The summed E-state index contributed by atoms with van der Waals surface area (Å²) in [6.45, 7) is 0. The number of H-pyrrole nitrogens is 2. The number of nitrogen functional groups attached to an aromatic ring is 1.